The van der Waals surface area contributed by atoms with Crippen LogP contribution < -0.4 is 5.32 Å². The molecule has 0 fully saturated rings. The number of rotatable bonds is 7. The lowest BCUT2D eigenvalue weighted by atomic mass is 10.2. The molecule has 0 bridgehead atoms. The van der Waals surface area contributed by atoms with Crippen LogP contribution in [0.2, 0.25) is 0 Å². The van der Waals surface area contributed by atoms with Gasteiger partial charge >= 0.3 is 6.08 Å². The number of hydrogen-bond donors (Lipinski definition) is 1. The molecule has 1 aromatic heterocycles. The van der Waals surface area contributed by atoms with Crippen LogP contribution in [0.25, 0.3) is 0 Å². The van der Waals surface area contributed by atoms with E-state index in [-0.39, 0.29) is 11.7 Å². The number of pyridine rings is 1. The third-order valence-electron chi connectivity index (χ3n) is 3.08. The van der Waals surface area contributed by atoms with Gasteiger partial charge in [-0.3, -0.25) is 4.79 Å². The third-order valence-corrected chi connectivity index (χ3v) is 4.08. The monoisotopic (exact) mass is 352 g/mol. The summed E-state index contributed by atoms with van der Waals surface area (Å²) in [5, 5.41) is 3.16. The molecule has 0 spiro atoms. The highest BCUT2D eigenvalue weighted by Crippen LogP contribution is 2.24. The molecule has 0 saturated heterocycles. The summed E-state index contributed by atoms with van der Waals surface area (Å²) in [6.45, 7) is 0.364. The van der Waals surface area contributed by atoms with Crippen LogP contribution in [0.4, 0.5) is 13.2 Å². The van der Waals surface area contributed by atoms with E-state index in [0.29, 0.717) is 17.1 Å². The normalized spacial score (nSPS) is 10.3. The molecule has 0 atom stereocenters. The summed E-state index contributed by atoms with van der Waals surface area (Å²) in [4.78, 5) is 16.3. The Balaban J connectivity index is 1.97. The van der Waals surface area contributed by atoms with Crippen molar-refractivity contribution >= 4 is 17.7 Å². The Morgan fingerprint density at radius 3 is 2.54 bits per heavy atom. The number of nitrogens with one attached hydrogen (secondary N) is 1. The van der Waals surface area contributed by atoms with Crippen molar-refractivity contribution in [3.8, 4) is 0 Å². The molecule has 24 heavy (non-hydrogen) atoms. The van der Waals surface area contributed by atoms with Gasteiger partial charge in [-0.15, -0.1) is 11.8 Å². The van der Waals surface area contributed by atoms with Crippen molar-refractivity contribution in [3.63, 3.8) is 0 Å². The van der Waals surface area contributed by atoms with Crippen LogP contribution in [0.15, 0.2) is 65.6 Å². The Kier molecular flexibility index (Phi) is 6.87. The SMILES string of the molecule is O=C(NCc1ccccc1)c1cccnc1SCCC(F)=C(F)F. The van der Waals surface area contributed by atoms with E-state index in [2.05, 4.69) is 10.3 Å². The van der Waals surface area contributed by atoms with Crippen LogP contribution in [-0.2, 0) is 6.54 Å². The molecule has 2 aromatic rings. The zero-order valence-electron chi connectivity index (χ0n) is 12.6. The highest BCUT2D eigenvalue weighted by Gasteiger charge is 2.13. The van der Waals surface area contributed by atoms with Crippen LogP contribution in [0.3, 0.4) is 0 Å². The lowest BCUT2D eigenvalue weighted by molar-refractivity contribution is 0.0947. The molecule has 0 aliphatic carbocycles. The van der Waals surface area contributed by atoms with Crippen molar-refractivity contribution in [1.29, 1.82) is 0 Å². The maximum atomic E-state index is 12.8. The highest BCUT2D eigenvalue weighted by molar-refractivity contribution is 7.99. The fourth-order valence-electron chi connectivity index (χ4n) is 1.88. The van der Waals surface area contributed by atoms with Crippen molar-refractivity contribution in [1.82, 2.24) is 10.3 Å². The average molecular weight is 352 g/mol. The van der Waals surface area contributed by atoms with Gasteiger partial charge in [0.1, 0.15) is 5.03 Å². The maximum Gasteiger partial charge on any atom is 0.301 e. The first-order valence-electron chi connectivity index (χ1n) is 7.17. The first-order chi connectivity index (χ1) is 11.6. The molecule has 1 N–H and O–H groups in total. The second kappa shape index (κ2) is 9.12. The number of nitrogens with zero attached hydrogens (tertiary/aromatic N) is 1. The summed E-state index contributed by atoms with van der Waals surface area (Å²) in [6.07, 6.45) is -1.22. The number of halogens is 3. The van der Waals surface area contributed by atoms with E-state index in [1.165, 1.54) is 6.20 Å². The molecule has 3 nitrogen and oxygen atoms in total. The highest BCUT2D eigenvalue weighted by atomic mass is 32.2. The summed E-state index contributed by atoms with van der Waals surface area (Å²) in [6, 6.07) is 12.6. The Hall–Kier alpha value is -2.28. The summed E-state index contributed by atoms with van der Waals surface area (Å²) in [5.74, 6) is -1.69. The van der Waals surface area contributed by atoms with Crippen LogP contribution in [-0.4, -0.2) is 16.6 Å². The van der Waals surface area contributed by atoms with Crippen molar-refractivity contribution in [2.75, 3.05) is 5.75 Å². The second-order valence-electron chi connectivity index (χ2n) is 4.79. The fraction of sp³-hybridized carbons (Fsp3) is 0.176. The van der Waals surface area contributed by atoms with Crippen LogP contribution in [0.5, 0.6) is 0 Å². The largest absolute Gasteiger partial charge is 0.348 e. The predicted octanol–water partition coefficient (Wildman–Crippen LogP) is 4.57. The van der Waals surface area contributed by atoms with Crippen molar-refractivity contribution in [3.05, 3.63) is 71.7 Å². The van der Waals surface area contributed by atoms with Gasteiger partial charge in [0.15, 0.2) is 5.83 Å². The van der Waals surface area contributed by atoms with E-state index < -0.39 is 18.3 Å². The number of allylic oxidation sites excluding steroid dienone is 1. The summed E-state index contributed by atoms with van der Waals surface area (Å²) < 4.78 is 36.9. The number of thioether (sulfide) groups is 1. The molecular formula is C17H15F3N2OS. The smallest absolute Gasteiger partial charge is 0.301 e. The topological polar surface area (TPSA) is 42.0 Å². The Labute approximate surface area is 142 Å². The third kappa shape index (κ3) is 5.42. The zero-order chi connectivity index (χ0) is 17.4. The Morgan fingerprint density at radius 1 is 1.08 bits per heavy atom. The molecular weight excluding hydrogens is 337 g/mol. The van der Waals surface area contributed by atoms with Gasteiger partial charge in [-0.05, 0) is 17.7 Å². The number of benzene rings is 1. The van der Waals surface area contributed by atoms with Gasteiger partial charge in [0.25, 0.3) is 5.91 Å². The van der Waals surface area contributed by atoms with Gasteiger partial charge in [-0.2, -0.15) is 8.78 Å². The van der Waals surface area contributed by atoms with E-state index >= 15 is 0 Å². The van der Waals surface area contributed by atoms with Gasteiger partial charge in [-0.25, -0.2) is 9.37 Å². The number of carbonyl (C=O) groups is 1. The minimum Gasteiger partial charge on any atom is -0.348 e. The first-order valence-corrected chi connectivity index (χ1v) is 8.16. The second-order valence-corrected chi connectivity index (χ2v) is 5.87. The van der Waals surface area contributed by atoms with Crippen molar-refractivity contribution in [2.24, 2.45) is 0 Å². The van der Waals surface area contributed by atoms with Gasteiger partial charge in [-0.1, -0.05) is 30.3 Å². The molecule has 1 heterocycles. The fourth-order valence-corrected chi connectivity index (χ4v) is 2.81. The van der Waals surface area contributed by atoms with Crippen molar-refractivity contribution in [2.45, 2.75) is 18.0 Å². The molecule has 1 amide bonds. The van der Waals surface area contributed by atoms with E-state index in [1.54, 1.807) is 12.1 Å². The van der Waals surface area contributed by atoms with E-state index in [1.807, 2.05) is 30.3 Å². The maximum absolute atomic E-state index is 12.8. The number of hydrogen-bond acceptors (Lipinski definition) is 3. The summed E-state index contributed by atoms with van der Waals surface area (Å²) in [5.41, 5.74) is 1.29. The summed E-state index contributed by atoms with van der Waals surface area (Å²) in [7, 11) is 0. The Bertz CT molecular complexity index is 719. The van der Waals surface area contributed by atoms with Crippen LogP contribution in [0.1, 0.15) is 22.3 Å². The molecule has 126 valence electrons. The van der Waals surface area contributed by atoms with Gasteiger partial charge in [0, 0.05) is 24.9 Å². The molecule has 0 aliphatic rings. The summed E-state index contributed by atoms with van der Waals surface area (Å²) >= 11 is 1.06. The molecule has 7 heteroatoms. The molecule has 0 saturated carbocycles. The van der Waals surface area contributed by atoms with E-state index in [0.717, 1.165) is 17.3 Å². The van der Waals surface area contributed by atoms with E-state index in [4.69, 9.17) is 0 Å². The van der Waals surface area contributed by atoms with Gasteiger partial charge in [0.2, 0.25) is 0 Å². The standard InChI is InChI=1S/C17H15F3N2OS/c18-14(15(19)20)8-10-24-17-13(7-4-9-21-17)16(23)22-11-12-5-2-1-3-6-12/h1-7,9H,8,10-11H2,(H,22,23). The molecule has 0 radical (unpaired) electrons. The predicted molar refractivity (Wildman–Crippen MR) is 87.5 cm³/mol. The van der Waals surface area contributed by atoms with Crippen molar-refractivity contribution < 1.29 is 18.0 Å². The first kappa shape index (κ1) is 18.1. The Morgan fingerprint density at radius 2 is 1.83 bits per heavy atom. The average Bonchev–Trinajstić information content (AvgIpc) is 2.60. The van der Waals surface area contributed by atoms with Gasteiger partial charge < -0.3 is 5.32 Å². The molecule has 0 unspecified atom stereocenters. The van der Waals surface area contributed by atoms with Crippen LogP contribution in [0, 0.1) is 0 Å². The van der Waals surface area contributed by atoms with Crippen LogP contribution >= 0.6 is 11.8 Å². The zero-order valence-corrected chi connectivity index (χ0v) is 13.5. The quantitative estimate of drug-likeness (QED) is 0.742. The minimum atomic E-state index is -2.31. The molecule has 0 aliphatic heterocycles. The number of aromatic nitrogens is 1. The minimum absolute atomic E-state index is 0.0686. The lowest BCUT2D eigenvalue weighted by Crippen LogP contribution is -2.23. The molecule has 2 rings (SSSR count). The van der Waals surface area contributed by atoms with Gasteiger partial charge in [0.05, 0.1) is 5.56 Å². The van der Waals surface area contributed by atoms with E-state index in [9.17, 15) is 18.0 Å². The number of carbonyl (C=O) groups excluding carboxylic acids is 1. The molecule has 1 aromatic carbocycles. The lowest BCUT2D eigenvalue weighted by Gasteiger charge is -2.09. The number of amides is 1.